The highest BCUT2D eigenvalue weighted by Gasteiger charge is 2.28. The summed E-state index contributed by atoms with van der Waals surface area (Å²) in [5, 5.41) is 14.1. The Morgan fingerprint density at radius 3 is 2.56 bits per heavy atom. The van der Waals surface area contributed by atoms with E-state index in [1.165, 1.54) is 11.1 Å². The van der Waals surface area contributed by atoms with Crippen molar-refractivity contribution in [3.63, 3.8) is 0 Å². The molecule has 2 rings (SSSR count). The van der Waals surface area contributed by atoms with Crippen molar-refractivity contribution in [3.05, 3.63) is 34.9 Å². The molecule has 0 aromatic heterocycles. The van der Waals surface area contributed by atoms with Crippen LogP contribution in [0.15, 0.2) is 18.2 Å². The Bertz CT molecular complexity index is 409. The number of hydrogen-bond donors (Lipinski definition) is 2. The maximum atomic E-state index is 10.7. The van der Waals surface area contributed by atoms with Crippen LogP contribution >= 0.6 is 0 Å². The second kappa shape index (κ2) is 5.39. The first-order valence-corrected chi connectivity index (χ1v) is 6.72. The molecule has 100 valence electrons. The van der Waals surface area contributed by atoms with Gasteiger partial charge in [0, 0.05) is 32.7 Å². The fourth-order valence-electron chi connectivity index (χ4n) is 2.81. The van der Waals surface area contributed by atoms with Crippen LogP contribution in [0.5, 0.6) is 0 Å². The minimum atomic E-state index is -0.769. The minimum absolute atomic E-state index is 0.707. The van der Waals surface area contributed by atoms with Gasteiger partial charge in [0.1, 0.15) is 0 Å². The number of aryl methyl sites for hydroxylation is 2. The Kier molecular flexibility index (Phi) is 4.05. The van der Waals surface area contributed by atoms with Crippen molar-refractivity contribution in [1.29, 1.82) is 0 Å². The van der Waals surface area contributed by atoms with E-state index in [1.54, 1.807) is 0 Å². The number of nitrogens with one attached hydrogen (secondary N) is 1. The molecule has 3 heteroatoms. The van der Waals surface area contributed by atoms with Gasteiger partial charge in [-0.2, -0.15) is 0 Å². The minimum Gasteiger partial charge on any atom is -0.384 e. The van der Waals surface area contributed by atoms with E-state index in [0.717, 1.165) is 31.7 Å². The Hall–Kier alpha value is -0.900. The van der Waals surface area contributed by atoms with E-state index >= 15 is 0 Å². The predicted octanol–water partition coefficient (Wildman–Crippen LogP) is 1.42. The van der Waals surface area contributed by atoms with E-state index in [9.17, 15) is 5.11 Å². The van der Waals surface area contributed by atoms with Gasteiger partial charge >= 0.3 is 0 Å². The quantitative estimate of drug-likeness (QED) is 0.849. The van der Waals surface area contributed by atoms with E-state index in [2.05, 4.69) is 42.3 Å². The molecule has 0 aliphatic carbocycles. The number of piperazine rings is 1. The normalized spacial score (nSPS) is 20.7. The lowest BCUT2D eigenvalue weighted by Gasteiger charge is -2.35. The molecule has 1 unspecified atom stereocenters. The van der Waals surface area contributed by atoms with Crippen molar-refractivity contribution < 1.29 is 5.11 Å². The number of aliphatic hydroxyl groups is 1. The third-order valence-corrected chi connectivity index (χ3v) is 3.70. The third kappa shape index (κ3) is 3.10. The van der Waals surface area contributed by atoms with Gasteiger partial charge in [-0.05, 0) is 31.9 Å². The molecule has 1 fully saturated rings. The summed E-state index contributed by atoms with van der Waals surface area (Å²) in [6.07, 6.45) is 0. The van der Waals surface area contributed by atoms with Crippen LogP contribution in [0.4, 0.5) is 0 Å². The Labute approximate surface area is 110 Å². The molecule has 1 heterocycles. The topological polar surface area (TPSA) is 35.5 Å². The molecular formula is C15H24N2O. The standard InChI is InChI=1S/C15H24N2O/c1-12-4-5-14(13(2)10-12)15(3,18)11-17-8-6-16-7-9-17/h4-5,10,16,18H,6-9,11H2,1-3H3. The Balaban J connectivity index is 2.13. The van der Waals surface area contributed by atoms with Crippen LogP contribution in [0.1, 0.15) is 23.6 Å². The number of rotatable bonds is 3. The molecule has 0 amide bonds. The average Bonchev–Trinajstić information content (AvgIpc) is 2.29. The van der Waals surface area contributed by atoms with Crippen LogP contribution in [-0.2, 0) is 5.60 Å². The lowest BCUT2D eigenvalue weighted by Crippen LogP contribution is -2.48. The molecule has 1 aliphatic heterocycles. The average molecular weight is 248 g/mol. The zero-order valence-electron chi connectivity index (χ0n) is 11.7. The summed E-state index contributed by atoms with van der Waals surface area (Å²) in [6.45, 7) is 10.9. The molecule has 18 heavy (non-hydrogen) atoms. The van der Waals surface area contributed by atoms with E-state index < -0.39 is 5.60 Å². The molecule has 1 aromatic rings. The first-order valence-electron chi connectivity index (χ1n) is 6.72. The van der Waals surface area contributed by atoms with Gasteiger partial charge in [-0.15, -0.1) is 0 Å². The van der Waals surface area contributed by atoms with Gasteiger partial charge in [-0.1, -0.05) is 23.8 Å². The molecule has 1 atom stereocenters. The van der Waals surface area contributed by atoms with Crippen LogP contribution in [0.25, 0.3) is 0 Å². The monoisotopic (exact) mass is 248 g/mol. The molecule has 0 radical (unpaired) electrons. The molecule has 0 bridgehead atoms. The predicted molar refractivity (Wildman–Crippen MR) is 74.8 cm³/mol. The van der Waals surface area contributed by atoms with E-state index in [4.69, 9.17) is 0 Å². The molecule has 1 saturated heterocycles. The molecule has 1 aliphatic rings. The van der Waals surface area contributed by atoms with Crippen LogP contribution in [0, 0.1) is 13.8 Å². The van der Waals surface area contributed by atoms with Gasteiger partial charge in [-0.25, -0.2) is 0 Å². The van der Waals surface area contributed by atoms with Crippen LogP contribution in [0.3, 0.4) is 0 Å². The fraction of sp³-hybridized carbons (Fsp3) is 0.600. The van der Waals surface area contributed by atoms with Crippen molar-refractivity contribution in [2.24, 2.45) is 0 Å². The van der Waals surface area contributed by atoms with E-state index in [0.29, 0.717) is 6.54 Å². The highest BCUT2D eigenvalue weighted by molar-refractivity contribution is 5.34. The van der Waals surface area contributed by atoms with Crippen molar-refractivity contribution in [3.8, 4) is 0 Å². The van der Waals surface area contributed by atoms with Gasteiger partial charge in [0.05, 0.1) is 5.60 Å². The molecular weight excluding hydrogens is 224 g/mol. The van der Waals surface area contributed by atoms with Crippen LogP contribution in [-0.4, -0.2) is 42.7 Å². The summed E-state index contributed by atoms with van der Waals surface area (Å²) in [6, 6.07) is 6.28. The van der Waals surface area contributed by atoms with Gasteiger partial charge in [-0.3, -0.25) is 4.90 Å². The zero-order valence-corrected chi connectivity index (χ0v) is 11.7. The summed E-state index contributed by atoms with van der Waals surface area (Å²) in [5.41, 5.74) is 2.70. The van der Waals surface area contributed by atoms with E-state index in [-0.39, 0.29) is 0 Å². The first-order chi connectivity index (χ1) is 8.49. The second-order valence-electron chi connectivity index (χ2n) is 5.62. The van der Waals surface area contributed by atoms with E-state index in [1.807, 2.05) is 6.92 Å². The van der Waals surface area contributed by atoms with Gasteiger partial charge in [0.2, 0.25) is 0 Å². The second-order valence-corrected chi connectivity index (χ2v) is 5.62. The first kappa shape index (κ1) is 13.5. The maximum absolute atomic E-state index is 10.7. The number of nitrogens with zero attached hydrogens (tertiary/aromatic N) is 1. The van der Waals surface area contributed by atoms with Gasteiger partial charge in [0.25, 0.3) is 0 Å². The largest absolute Gasteiger partial charge is 0.384 e. The van der Waals surface area contributed by atoms with Crippen molar-refractivity contribution in [1.82, 2.24) is 10.2 Å². The SMILES string of the molecule is Cc1ccc(C(C)(O)CN2CCNCC2)c(C)c1. The third-order valence-electron chi connectivity index (χ3n) is 3.70. The molecule has 0 spiro atoms. The molecule has 2 N–H and O–H groups in total. The van der Waals surface area contributed by atoms with Crippen LogP contribution < -0.4 is 5.32 Å². The van der Waals surface area contributed by atoms with Crippen molar-refractivity contribution in [2.45, 2.75) is 26.4 Å². The molecule has 3 nitrogen and oxygen atoms in total. The highest BCUT2D eigenvalue weighted by Crippen LogP contribution is 2.26. The summed E-state index contributed by atoms with van der Waals surface area (Å²) >= 11 is 0. The number of hydrogen-bond acceptors (Lipinski definition) is 3. The summed E-state index contributed by atoms with van der Waals surface area (Å²) in [5.74, 6) is 0. The maximum Gasteiger partial charge on any atom is 0.0997 e. The molecule has 0 saturated carbocycles. The Morgan fingerprint density at radius 2 is 1.94 bits per heavy atom. The van der Waals surface area contributed by atoms with Crippen LogP contribution in [0.2, 0.25) is 0 Å². The zero-order chi connectivity index (χ0) is 13.2. The lowest BCUT2D eigenvalue weighted by molar-refractivity contribution is 0.0121. The smallest absolute Gasteiger partial charge is 0.0997 e. The van der Waals surface area contributed by atoms with Gasteiger partial charge < -0.3 is 10.4 Å². The lowest BCUT2D eigenvalue weighted by atomic mass is 9.90. The molecule has 1 aromatic carbocycles. The summed E-state index contributed by atoms with van der Waals surface area (Å²) in [7, 11) is 0. The summed E-state index contributed by atoms with van der Waals surface area (Å²) < 4.78 is 0. The van der Waals surface area contributed by atoms with Gasteiger partial charge in [0.15, 0.2) is 0 Å². The summed E-state index contributed by atoms with van der Waals surface area (Å²) in [4.78, 5) is 2.33. The fourth-order valence-corrected chi connectivity index (χ4v) is 2.81. The number of benzene rings is 1. The van der Waals surface area contributed by atoms with Crippen molar-refractivity contribution in [2.75, 3.05) is 32.7 Å². The van der Waals surface area contributed by atoms with Crippen molar-refractivity contribution >= 4 is 0 Å². The number of β-amino-alcohol motifs (C(OH)–C–C–N with tert-alkyl or cyclic N) is 1. The Morgan fingerprint density at radius 1 is 1.28 bits per heavy atom. The highest BCUT2D eigenvalue weighted by atomic mass is 16.3.